The van der Waals surface area contributed by atoms with Crippen LogP contribution < -0.4 is 10.6 Å². The molecule has 35 heavy (non-hydrogen) atoms. The number of aliphatic imine (C=N–C) groups is 2. The molecule has 3 N–H and O–H groups in total. The number of aryl methyl sites for hydroxylation is 1. The summed E-state index contributed by atoms with van der Waals surface area (Å²) in [4.78, 5) is 15.8. The number of β-amino-alcohol motifs (C(OH)–C–C–N with tert-alkyl or cyclic N) is 1. The maximum Gasteiger partial charge on any atom is 0.161 e. The van der Waals surface area contributed by atoms with Crippen molar-refractivity contribution in [2.24, 2.45) is 9.98 Å². The Labute approximate surface area is 206 Å². The highest BCUT2D eigenvalue weighted by Crippen LogP contribution is 2.27. The van der Waals surface area contributed by atoms with Crippen LogP contribution >= 0.6 is 0 Å². The Morgan fingerprint density at radius 3 is 2.86 bits per heavy atom. The molecule has 1 atom stereocenters. The van der Waals surface area contributed by atoms with Gasteiger partial charge in [0.05, 0.1) is 12.1 Å². The molecule has 8 nitrogen and oxygen atoms in total. The van der Waals surface area contributed by atoms with Gasteiger partial charge in [0.2, 0.25) is 0 Å². The molecular formula is C27H33N7O. The number of amidine groups is 1. The zero-order chi connectivity index (χ0) is 24.2. The lowest BCUT2D eigenvalue weighted by molar-refractivity contribution is 0.114. The maximum atomic E-state index is 10.7. The second-order valence-corrected chi connectivity index (χ2v) is 9.35. The summed E-state index contributed by atoms with van der Waals surface area (Å²) in [6.07, 6.45) is 4.34. The van der Waals surface area contributed by atoms with E-state index >= 15 is 0 Å². The average molecular weight is 472 g/mol. The summed E-state index contributed by atoms with van der Waals surface area (Å²) in [5.74, 6) is 2.14. The summed E-state index contributed by atoms with van der Waals surface area (Å²) < 4.78 is 2.20. The third-order valence-corrected chi connectivity index (χ3v) is 6.81. The third-order valence-electron chi connectivity index (χ3n) is 6.81. The lowest BCUT2D eigenvalue weighted by atomic mass is 10.00. The monoisotopic (exact) mass is 471 g/mol. The van der Waals surface area contributed by atoms with E-state index in [4.69, 9.17) is 4.99 Å². The van der Waals surface area contributed by atoms with Gasteiger partial charge in [-0.15, -0.1) is 0 Å². The number of hydrogen-bond donors (Lipinski definition) is 3. The minimum absolute atomic E-state index is 0.415. The number of aliphatic hydroxyl groups excluding tert-OH is 1. The van der Waals surface area contributed by atoms with E-state index in [0.717, 1.165) is 49.5 Å². The fourth-order valence-corrected chi connectivity index (χ4v) is 4.70. The van der Waals surface area contributed by atoms with Crippen molar-refractivity contribution in [1.29, 1.82) is 0 Å². The van der Waals surface area contributed by atoms with Crippen molar-refractivity contribution in [3.05, 3.63) is 77.1 Å². The van der Waals surface area contributed by atoms with Crippen LogP contribution in [-0.2, 0) is 13.0 Å². The van der Waals surface area contributed by atoms with Gasteiger partial charge in [-0.3, -0.25) is 4.90 Å². The first-order valence-corrected chi connectivity index (χ1v) is 12.2. The van der Waals surface area contributed by atoms with Gasteiger partial charge in [0.15, 0.2) is 5.84 Å². The van der Waals surface area contributed by atoms with Crippen molar-refractivity contribution >= 4 is 24.2 Å². The molecular weight excluding hydrogens is 438 g/mol. The number of fused-ring (bicyclic) bond motifs is 1. The van der Waals surface area contributed by atoms with E-state index in [1.54, 1.807) is 6.20 Å². The van der Waals surface area contributed by atoms with Gasteiger partial charge in [0.1, 0.15) is 11.6 Å². The number of benzene rings is 1. The summed E-state index contributed by atoms with van der Waals surface area (Å²) in [6, 6.07) is 14.8. The Balaban J connectivity index is 1.22. The van der Waals surface area contributed by atoms with Crippen LogP contribution in [0.4, 0.5) is 11.6 Å². The first kappa shape index (κ1) is 23.4. The largest absolute Gasteiger partial charge is 0.390 e. The average Bonchev–Trinajstić information content (AvgIpc) is 3.19. The number of rotatable bonds is 8. The van der Waals surface area contributed by atoms with Crippen LogP contribution in [0.1, 0.15) is 28.3 Å². The van der Waals surface area contributed by atoms with Gasteiger partial charge in [-0.05, 0) is 55.0 Å². The number of nitrogens with zero attached hydrogens (tertiary/aromatic N) is 5. The molecule has 0 bridgehead atoms. The number of pyridine rings is 1. The molecule has 5 rings (SSSR count). The Kier molecular flexibility index (Phi) is 7.03. The zero-order valence-corrected chi connectivity index (χ0v) is 20.2. The molecule has 0 saturated carbocycles. The zero-order valence-electron chi connectivity index (χ0n) is 20.2. The molecule has 1 aromatic carbocycles. The molecule has 0 spiro atoms. The van der Waals surface area contributed by atoms with Crippen molar-refractivity contribution in [2.75, 3.05) is 38.0 Å². The van der Waals surface area contributed by atoms with Crippen molar-refractivity contribution < 1.29 is 5.11 Å². The number of aromatic nitrogens is 2. The molecule has 1 fully saturated rings. The lowest BCUT2D eigenvalue weighted by Crippen LogP contribution is -2.43. The number of anilines is 1. The molecule has 4 heterocycles. The van der Waals surface area contributed by atoms with Crippen molar-refractivity contribution in [3.8, 4) is 0 Å². The van der Waals surface area contributed by atoms with E-state index in [9.17, 15) is 5.11 Å². The van der Waals surface area contributed by atoms with E-state index in [0.29, 0.717) is 30.8 Å². The van der Waals surface area contributed by atoms with Crippen molar-refractivity contribution in [1.82, 2.24) is 19.8 Å². The van der Waals surface area contributed by atoms with Crippen LogP contribution in [0.25, 0.3) is 0 Å². The highest BCUT2D eigenvalue weighted by Gasteiger charge is 2.22. The van der Waals surface area contributed by atoms with E-state index in [1.165, 1.54) is 11.1 Å². The molecule has 2 aliphatic heterocycles. The summed E-state index contributed by atoms with van der Waals surface area (Å²) in [6.45, 7) is 10.6. The topological polar surface area (TPSA) is 90.1 Å². The van der Waals surface area contributed by atoms with Crippen LogP contribution in [0, 0.1) is 6.92 Å². The van der Waals surface area contributed by atoms with E-state index < -0.39 is 6.10 Å². The second-order valence-electron chi connectivity index (χ2n) is 9.35. The van der Waals surface area contributed by atoms with Crippen LogP contribution in [0.3, 0.4) is 0 Å². The quantitative estimate of drug-likeness (QED) is 0.347. The second kappa shape index (κ2) is 10.5. The standard InChI is InChI=1S/C27H33N7O/c1-19-8-12-34(23-14-29-15-23)27(19)32-26(28-2)21-7-10-30-25(13-21)31-16-24(35)18-33-11-9-20-5-3-4-6-22(20)17-33/h3-8,10,12-13,23-24,29,35H,2,9,11,14-18H2,1H3,(H,30,31). The van der Waals surface area contributed by atoms with Gasteiger partial charge >= 0.3 is 0 Å². The Morgan fingerprint density at radius 1 is 1.26 bits per heavy atom. The fraction of sp³-hybridized carbons (Fsp3) is 0.370. The maximum absolute atomic E-state index is 10.7. The van der Waals surface area contributed by atoms with Gasteiger partial charge in [-0.25, -0.2) is 15.0 Å². The predicted molar refractivity (Wildman–Crippen MR) is 141 cm³/mol. The van der Waals surface area contributed by atoms with Crippen molar-refractivity contribution in [3.63, 3.8) is 0 Å². The van der Waals surface area contributed by atoms with Crippen LogP contribution in [0.15, 0.2) is 64.8 Å². The fourth-order valence-electron chi connectivity index (χ4n) is 4.70. The first-order valence-electron chi connectivity index (χ1n) is 12.2. The normalized spacial score (nSPS) is 17.5. The first-order chi connectivity index (χ1) is 17.1. The Hall–Kier alpha value is -3.33. The van der Waals surface area contributed by atoms with E-state index in [1.807, 2.05) is 12.1 Å². The molecule has 2 aromatic heterocycles. The molecule has 3 aromatic rings. The van der Waals surface area contributed by atoms with Gasteiger partial charge in [-0.1, -0.05) is 24.3 Å². The smallest absolute Gasteiger partial charge is 0.161 e. The SMILES string of the molecule is C=NC(=Nc1c(C)ccn1C1CNC1)c1ccnc(NCC(O)CN2CCc3ccccc3C2)c1. The minimum Gasteiger partial charge on any atom is -0.390 e. The molecule has 1 saturated heterocycles. The summed E-state index contributed by atoms with van der Waals surface area (Å²) in [5, 5.41) is 17.2. The van der Waals surface area contributed by atoms with Crippen LogP contribution in [0.2, 0.25) is 0 Å². The minimum atomic E-state index is -0.501. The molecule has 0 radical (unpaired) electrons. The molecule has 0 aliphatic carbocycles. The molecule has 182 valence electrons. The van der Waals surface area contributed by atoms with Gasteiger partial charge in [0.25, 0.3) is 0 Å². The van der Waals surface area contributed by atoms with Gasteiger partial charge in [-0.2, -0.15) is 0 Å². The van der Waals surface area contributed by atoms with E-state index in [-0.39, 0.29) is 0 Å². The Morgan fingerprint density at radius 2 is 2.09 bits per heavy atom. The summed E-state index contributed by atoms with van der Waals surface area (Å²) in [5.41, 5.74) is 4.71. The number of nitrogens with one attached hydrogen (secondary N) is 2. The van der Waals surface area contributed by atoms with Crippen LogP contribution in [-0.4, -0.2) is 70.9 Å². The summed E-state index contributed by atoms with van der Waals surface area (Å²) >= 11 is 0. The molecule has 0 amide bonds. The summed E-state index contributed by atoms with van der Waals surface area (Å²) in [7, 11) is 0. The highest BCUT2D eigenvalue weighted by molar-refractivity contribution is 6.03. The van der Waals surface area contributed by atoms with Crippen molar-refractivity contribution in [2.45, 2.75) is 32.0 Å². The molecule has 8 heteroatoms. The highest BCUT2D eigenvalue weighted by atomic mass is 16.3. The van der Waals surface area contributed by atoms with Gasteiger partial charge < -0.3 is 20.3 Å². The Bertz CT molecular complexity index is 1210. The molecule has 1 unspecified atom stereocenters. The number of aliphatic hydroxyl groups is 1. The third kappa shape index (κ3) is 5.35. The van der Waals surface area contributed by atoms with Crippen LogP contribution in [0.5, 0.6) is 0 Å². The lowest BCUT2D eigenvalue weighted by Gasteiger charge is -2.30. The predicted octanol–water partition coefficient (Wildman–Crippen LogP) is 2.95. The van der Waals surface area contributed by atoms with Gasteiger partial charge in [0, 0.05) is 57.2 Å². The van der Waals surface area contributed by atoms with E-state index in [2.05, 4.69) is 80.2 Å². The number of hydrogen-bond acceptors (Lipinski definition) is 6. The molecule has 2 aliphatic rings.